The van der Waals surface area contributed by atoms with E-state index in [2.05, 4.69) is 211 Å². The van der Waals surface area contributed by atoms with Crippen LogP contribution in [0.5, 0.6) is 0 Å². The molecule has 0 unspecified atom stereocenters. The number of hydrogen-bond donors (Lipinski definition) is 0. The van der Waals surface area contributed by atoms with Gasteiger partial charge in [-0.15, -0.1) is 0 Å². The maximum absolute atomic E-state index is 5.30. The molecular formula is C54H34N2. The van der Waals surface area contributed by atoms with Gasteiger partial charge >= 0.3 is 0 Å². The Kier molecular flexibility index (Phi) is 6.58. The number of fused-ring (bicyclic) bond motifs is 14. The fourth-order valence-electron chi connectivity index (χ4n) is 9.92. The largest absolute Gasteiger partial charge is 0.308 e. The molecule has 10 aromatic rings. The van der Waals surface area contributed by atoms with Crippen LogP contribution in [0.1, 0.15) is 22.3 Å². The van der Waals surface area contributed by atoms with Crippen molar-refractivity contribution in [2.45, 2.75) is 5.41 Å². The van der Waals surface area contributed by atoms with Gasteiger partial charge in [-0.05, 0) is 74.3 Å². The number of aromatic nitrogens is 2. The average Bonchev–Trinajstić information content (AvgIpc) is 3.89. The molecule has 8 aromatic carbocycles. The van der Waals surface area contributed by atoms with Crippen LogP contribution in [0.25, 0.3) is 83.4 Å². The first kappa shape index (κ1) is 31.1. The van der Waals surface area contributed by atoms with E-state index in [1.807, 2.05) is 0 Å². The van der Waals surface area contributed by atoms with Crippen LogP contribution in [0.2, 0.25) is 0 Å². The predicted molar refractivity (Wildman–Crippen MR) is 231 cm³/mol. The van der Waals surface area contributed by atoms with Crippen molar-refractivity contribution in [1.82, 2.24) is 9.55 Å². The van der Waals surface area contributed by atoms with E-state index in [0.717, 1.165) is 28.2 Å². The SMILES string of the molecule is c1ccc(-c2ccc3c(c2)c2ccc4c(c2n3-c2cc(-c3ccccc3)nc(-c3ccccc3)c2)-c2ccccc2C42c3ccccc3-c3ccccc32)cc1. The fraction of sp³-hybridized carbons (Fsp3) is 0.0185. The minimum absolute atomic E-state index is 0.438. The van der Waals surface area contributed by atoms with E-state index in [1.165, 1.54) is 77.4 Å². The molecule has 0 N–H and O–H groups in total. The molecule has 2 heterocycles. The quantitative estimate of drug-likeness (QED) is 0.178. The number of pyridine rings is 1. The molecule has 2 aliphatic carbocycles. The first-order chi connectivity index (χ1) is 27.8. The second-order valence-corrected chi connectivity index (χ2v) is 15.0. The summed E-state index contributed by atoms with van der Waals surface area (Å²) in [5, 5.41) is 2.47. The highest BCUT2D eigenvalue weighted by molar-refractivity contribution is 6.17. The Morgan fingerprint density at radius 1 is 0.357 bits per heavy atom. The average molecular weight is 711 g/mol. The van der Waals surface area contributed by atoms with Crippen molar-refractivity contribution in [3.8, 4) is 61.6 Å². The summed E-state index contributed by atoms with van der Waals surface area (Å²) >= 11 is 0. The molecule has 0 bridgehead atoms. The van der Waals surface area contributed by atoms with Gasteiger partial charge in [0.2, 0.25) is 0 Å². The summed E-state index contributed by atoms with van der Waals surface area (Å²) < 4.78 is 2.53. The van der Waals surface area contributed by atoms with Crippen molar-refractivity contribution < 1.29 is 0 Å². The van der Waals surface area contributed by atoms with Crippen LogP contribution in [0.4, 0.5) is 0 Å². The topological polar surface area (TPSA) is 17.8 Å². The van der Waals surface area contributed by atoms with Gasteiger partial charge in [0.25, 0.3) is 0 Å². The van der Waals surface area contributed by atoms with Crippen molar-refractivity contribution in [2.24, 2.45) is 0 Å². The van der Waals surface area contributed by atoms with Gasteiger partial charge in [-0.1, -0.05) is 182 Å². The fourth-order valence-corrected chi connectivity index (χ4v) is 9.92. The molecule has 2 nitrogen and oxygen atoms in total. The summed E-state index contributed by atoms with van der Waals surface area (Å²) in [6.07, 6.45) is 0. The summed E-state index contributed by atoms with van der Waals surface area (Å²) in [5.74, 6) is 0. The maximum atomic E-state index is 5.30. The van der Waals surface area contributed by atoms with E-state index in [9.17, 15) is 0 Å². The highest BCUT2D eigenvalue weighted by Crippen LogP contribution is 2.64. The van der Waals surface area contributed by atoms with E-state index < -0.39 is 5.41 Å². The van der Waals surface area contributed by atoms with Crippen molar-refractivity contribution >= 4 is 21.8 Å². The zero-order chi connectivity index (χ0) is 36.8. The molecule has 0 saturated carbocycles. The minimum atomic E-state index is -0.438. The van der Waals surface area contributed by atoms with Crippen molar-refractivity contribution in [3.63, 3.8) is 0 Å². The van der Waals surface area contributed by atoms with Gasteiger partial charge < -0.3 is 4.57 Å². The second-order valence-electron chi connectivity index (χ2n) is 15.0. The van der Waals surface area contributed by atoms with Gasteiger partial charge in [-0.3, -0.25) is 0 Å². The number of benzene rings is 8. The van der Waals surface area contributed by atoms with Gasteiger partial charge in [0.15, 0.2) is 0 Å². The lowest BCUT2D eigenvalue weighted by Crippen LogP contribution is -2.25. The first-order valence-corrected chi connectivity index (χ1v) is 19.4. The molecule has 0 aliphatic heterocycles. The maximum Gasteiger partial charge on any atom is 0.0730 e. The molecule has 2 aromatic heterocycles. The molecule has 260 valence electrons. The number of nitrogens with zero attached hydrogens (tertiary/aromatic N) is 2. The zero-order valence-electron chi connectivity index (χ0n) is 30.5. The van der Waals surface area contributed by atoms with Crippen LogP contribution in [0.3, 0.4) is 0 Å². The third kappa shape index (κ3) is 4.24. The number of rotatable bonds is 4. The van der Waals surface area contributed by atoms with Crippen LogP contribution >= 0.6 is 0 Å². The Bertz CT molecular complexity index is 3070. The van der Waals surface area contributed by atoms with Gasteiger partial charge in [0.1, 0.15) is 0 Å². The van der Waals surface area contributed by atoms with Crippen LogP contribution in [0.15, 0.2) is 206 Å². The lowest BCUT2D eigenvalue weighted by atomic mass is 9.70. The van der Waals surface area contributed by atoms with Gasteiger partial charge in [0.05, 0.1) is 33.5 Å². The number of hydrogen-bond acceptors (Lipinski definition) is 1. The Morgan fingerprint density at radius 2 is 0.857 bits per heavy atom. The third-order valence-corrected chi connectivity index (χ3v) is 12.2. The summed E-state index contributed by atoms with van der Waals surface area (Å²) in [4.78, 5) is 5.30. The molecule has 56 heavy (non-hydrogen) atoms. The summed E-state index contributed by atoms with van der Waals surface area (Å²) in [5.41, 5.74) is 20.1. The lowest BCUT2D eigenvalue weighted by Gasteiger charge is -2.30. The third-order valence-electron chi connectivity index (χ3n) is 12.2. The summed E-state index contributed by atoms with van der Waals surface area (Å²) in [7, 11) is 0. The van der Waals surface area contributed by atoms with Crippen molar-refractivity contribution in [3.05, 3.63) is 229 Å². The molecule has 0 atom stereocenters. The lowest BCUT2D eigenvalue weighted by molar-refractivity contribution is 0.794. The molecule has 0 radical (unpaired) electrons. The van der Waals surface area contributed by atoms with Crippen LogP contribution in [-0.4, -0.2) is 9.55 Å². The Hall–Kier alpha value is -7.29. The van der Waals surface area contributed by atoms with Gasteiger partial charge in [-0.2, -0.15) is 0 Å². The second kappa shape index (κ2) is 11.9. The summed E-state index contributed by atoms with van der Waals surface area (Å²) in [6.45, 7) is 0. The Balaban J connectivity index is 1.25. The zero-order valence-corrected chi connectivity index (χ0v) is 30.5. The predicted octanol–water partition coefficient (Wildman–Crippen LogP) is 13.5. The Labute approximate surface area is 325 Å². The van der Waals surface area contributed by atoms with E-state index in [0.29, 0.717) is 0 Å². The smallest absolute Gasteiger partial charge is 0.0730 e. The normalized spacial score (nSPS) is 13.1. The molecule has 0 fully saturated rings. The van der Waals surface area contributed by atoms with E-state index in [-0.39, 0.29) is 0 Å². The molecule has 1 spiro atoms. The van der Waals surface area contributed by atoms with E-state index in [1.54, 1.807) is 0 Å². The van der Waals surface area contributed by atoms with Crippen LogP contribution in [-0.2, 0) is 5.41 Å². The molecule has 2 aliphatic rings. The standard InChI is InChI=1S/C54H34N2/c1-4-16-35(17-5-1)38-28-31-51-44(32-38)42-29-30-48-52(43-24-12-15-27-47(43)54(48)45-25-13-10-22-40(45)41-23-11-14-26-46(41)54)53(42)56(51)39-33-49(36-18-6-2-7-19-36)55-50(34-39)37-20-8-3-9-21-37/h1-34H. The van der Waals surface area contributed by atoms with Gasteiger partial charge in [-0.25, -0.2) is 4.98 Å². The summed E-state index contributed by atoms with van der Waals surface area (Å²) in [6, 6.07) is 75.5. The molecule has 0 amide bonds. The highest BCUT2D eigenvalue weighted by Gasteiger charge is 2.52. The minimum Gasteiger partial charge on any atom is -0.308 e. The van der Waals surface area contributed by atoms with Crippen molar-refractivity contribution in [2.75, 3.05) is 0 Å². The highest BCUT2D eigenvalue weighted by atomic mass is 15.0. The van der Waals surface area contributed by atoms with Crippen LogP contribution < -0.4 is 0 Å². The monoisotopic (exact) mass is 710 g/mol. The van der Waals surface area contributed by atoms with Gasteiger partial charge in [0, 0.05) is 27.5 Å². The molecule has 12 rings (SSSR count). The van der Waals surface area contributed by atoms with E-state index in [4.69, 9.17) is 4.98 Å². The molecule has 0 saturated heterocycles. The molecular weight excluding hydrogens is 677 g/mol. The Morgan fingerprint density at radius 3 is 1.45 bits per heavy atom. The van der Waals surface area contributed by atoms with Crippen molar-refractivity contribution in [1.29, 1.82) is 0 Å². The first-order valence-electron chi connectivity index (χ1n) is 19.4. The van der Waals surface area contributed by atoms with Crippen LogP contribution in [0, 0.1) is 0 Å². The molecule has 2 heteroatoms. The van der Waals surface area contributed by atoms with E-state index >= 15 is 0 Å².